The second-order valence-electron chi connectivity index (χ2n) is 9.14. The summed E-state index contributed by atoms with van der Waals surface area (Å²) < 4.78 is 29.5. The fraction of sp³-hybridized carbons (Fsp3) is 0.700. The van der Waals surface area contributed by atoms with Gasteiger partial charge in [-0.25, -0.2) is 14.6 Å². The standard InChI is InChI=1S/C20H30N3O16P.2Na/c1-7(25)21-12-8(26)4-20(18(32)33,39-16(12)13(29)9(27)5-24)40(35,36)37-6-10-14(30)15(31)17(38-10)23-3-2-11(28)22-19(23)34;;/h2-3,8-10,12-17,24,26-27,29-31H,4-6H2,1H3,(H,21,25)(H,32,33)(H,35,36)(H,22,28,34);;/q;2*+1/p-2/t8-,9+,10+,12+,13+,14+,15+,16+,17+,20+;;/m0../s1. The number of carboxylic acid groups (broad SMARTS) is 1. The van der Waals surface area contributed by atoms with E-state index in [0.29, 0.717) is 4.57 Å². The van der Waals surface area contributed by atoms with Crippen LogP contribution in [0.15, 0.2) is 22.1 Å². The van der Waals surface area contributed by atoms with E-state index in [1.165, 1.54) is 0 Å². The normalized spacial score (nSPS) is 34.4. The maximum atomic E-state index is 13.3. The summed E-state index contributed by atoms with van der Waals surface area (Å²) in [4.78, 5) is 41.6. The van der Waals surface area contributed by atoms with Gasteiger partial charge in [0.1, 0.15) is 42.7 Å². The first-order valence-electron chi connectivity index (χ1n) is 11.6. The van der Waals surface area contributed by atoms with Gasteiger partial charge in [0.2, 0.25) is 0 Å². The quantitative estimate of drug-likeness (QED) is 0.0508. The zero-order chi connectivity index (χ0) is 30.2. The average molecular weight is 643 g/mol. The molecule has 0 radical (unpaired) electrons. The number of aliphatic carboxylic acids is 1. The van der Waals surface area contributed by atoms with Crippen LogP contribution < -0.4 is 75.0 Å². The molecule has 3 heterocycles. The van der Waals surface area contributed by atoms with Crippen molar-refractivity contribution in [3.63, 3.8) is 0 Å². The van der Waals surface area contributed by atoms with Gasteiger partial charge in [0.15, 0.2) is 6.23 Å². The first-order chi connectivity index (χ1) is 18.6. The Hall–Kier alpha value is -0.550. The van der Waals surface area contributed by atoms with E-state index in [0.717, 1.165) is 19.2 Å². The number of carboxylic acids is 1. The Morgan fingerprint density at radius 3 is 2.45 bits per heavy atom. The van der Waals surface area contributed by atoms with Gasteiger partial charge in [-0.05, 0) is 24.8 Å². The minimum Gasteiger partial charge on any atom is -0.862 e. The largest absolute Gasteiger partial charge is 1.00 e. The van der Waals surface area contributed by atoms with Crippen LogP contribution >= 0.6 is 7.60 Å². The fourth-order valence-corrected chi connectivity index (χ4v) is 5.81. The van der Waals surface area contributed by atoms with Crippen LogP contribution in [-0.4, -0.2) is 129 Å². The fourth-order valence-electron chi connectivity index (χ4n) is 4.34. The number of ether oxygens (including phenoxy) is 2. The van der Waals surface area contributed by atoms with Crippen LogP contribution in [0.1, 0.15) is 19.6 Å². The second-order valence-corrected chi connectivity index (χ2v) is 11.2. The molecule has 19 nitrogen and oxygen atoms in total. The Kier molecular flexibility index (Phi) is 14.7. The molecule has 1 aromatic rings. The molecule has 2 aliphatic rings. The molecular weight excluding hydrogens is 615 g/mol. The average Bonchev–Trinajstić information content (AvgIpc) is 3.15. The summed E-state index contributed by atoms with van der Waals surface area (Å²) >= 11 is 0. The number of nitrogens with zero attached hydrogens (tertiary/aromatic N) is 3. The molecule has 42 heavy (non-hydrogen) atoms. The predicted molar refractivity (Wildman–Crippen MR) is 122 cm³/mol. The maximum Gasteiger partial charge on any atom is 1.00 e. The molecule has 226 valence electrons. The summed E-state index contributed by atoms with van der Waals surface area (Å²) in [5.41, 5.74) is -1.15. The summed E-state index contributed by atoms with van der Waals surface area (Å²) in [6, 6.07) is -0.869. The second kappa shape index (κ2) is 15.6. The van der Waals surface area contributed by atoms with Crippen molar-refractivity contribution in [2.24, 2.45) is 4.99 Å². The third kappa shape index (κ3) is 7.99. The molecule has 2 fully saturated rings. The summed E-state index contributed by atoms with van der Waals surface area (Å²) in [5, 5.41) is 90.1. The molecule has 0 aromatic carbocycles. The molecule has 1 unspecified atom stereocenters. The predicted octanol–water partition coefficient (Wildman–Crippen LogP) is -12.1. The van der Waals surface area contributed by atoms with Gasteiger partial charge >= 0.3 is 78.4 Å². The van der Waals surface area contributed by atoms with Gasteiger partial charge in [0, 0.05) is 12.6 Å². The summed E-state index contributed by atoms with van der Waals surface area (Å²) in [6.45, 7) is -1.23. The molecule has 0 bridgehead atoms. The van der Waals surface area contributed by atoms with E-state index in [2.05, 4.69) is 9.98 Å². The van der Waals surface area contributed by atoms with Crippen LogP contribution in [0.4, 0.5) is 0 Å². The van der Waals surface area contributed by atoms with Crippen LogP contribution in [0.25, 0.3) is 0 Å². The summed E-state index contributed by atoms with van der Waals surface area (Å²) in [7, 11) is -5.63. The van der Waals surface area contributed by atoms with Crippen LogP contribution in [0.3, 0.4) is 0 Å². The molecule has 11 atom stereocenters. The number of hydrogen-bond donors (Lipinski definition) is 8. The third-order valence-corrected chi connectivity index (χ3v) is 8.31. The number of aliphatic hydroxyl groups is 6. The molecule has 0 saturated carbocycles. The van der Waals surface area contributed by atoms with E-state index in [1.807, 2.05) is 0 Å². The Morgan fingerprint density at radius 2 is 1.93 bits per heavy atom. The molecule has 3 rings (SSSR count). The summed E-state index contributed by atoms with van der Waals surface area (Å²) in [5.74, 6) is -3.97. The molecule has 8 N–H and O–H groups in total. The SMILES string of the molecule is CC([O-])=N[C@H]1[C@H]([C@H](O)[C@H](O)CO)O[C@@](C(=O)O)(P(=O)(O)OC[C@H]2O[C@@H](n3ccc([O-])nc3=O)[C@H](O)[C@@H]2O)C[C@@H]1O.[Na+].[Na+]. The van der Waals surface area contributed by atoms with Crippen LogP contribution in [0.2, 0.25) is 0 Å². The Balaban J connectivity index is 0.00000441. The first-order valence-corrected chi connectivity index (χ1v) is 13.2. The van der Waals surface area contributed by atoms with Crippen molar-refractivity contribution in [1.29, 1.82) is 0 Å². The molecule has 0 spiro atoms. The van der Waals surface area contributed by atoms with Gasteiger partial charge in [-0.3, -0.25) is 14.1 Å². The molecule has 2 aliphatic heterocycles. The molecular formula is C20H28N3Na2O16P. The first kappa shape index (κ1) is 39.5. The van der Waals surface area contributed by atoms with Gasteiger partial charge < -0.3 is 64.8 Å². The zero-order valence-corrected chi connectivity index (χ0v) is 27.5. The van der Waals surface area contributed by atoms with Crippen LogP contribution in [0.5, 0.6) is 5.88 Å². The van der Waals surface area contributed by atoms with Gasteiger partial charge in [-0.15, -0.1) is 0 Å². The van der Waals surface area contributed by atoms with Crippen molar-refractivity contribution < 1.29 is 133 Å². The topological polar surface area (TPSA) is 317 Å². The number of aliphatic hydroxyl groups excluding tert-OH is 6. The summed E-state index contributed by atoms with van der Waals surface area (Å²) in [6.07, 6.45) is -15.6. The Labute approximate surface area is 281 Å². The van der Waals surface area contributed by atoms with Crippen molar-refractivity contribution in [3.8, 4) is 5.88 Å². The van der Waals surface area contributed by atoms with Gasteiger partial charge in [-0.1, -0.05) is 0 Å². The van der Waals surface area contributed by atoms with Crippen molar-refractivity contribution in [1.82, 2.24) is 9.55 Å². The smallest absolute Gasteiger partial charge is 0.862 e. The van der Waals surface area contributed by atoms with E-state index in [-0.39, 0.29) is 59.1 Å². The van der Waals surface area contributed by atoms with Crippen molar-refractivity contribution >= 4 is 19.5 Å². The monoisotopic (exact) mass is 643 g/mol. The zero-order valence-electron chi connectivity index (χ0n) is 22.6. The van der Waals surface area contributed by atoms with Crippen LogP contribution in [0, 0.1) is 0 Å². The van der Waals surface area contributed by atoms with Crippen molar-refractivity contribution in [2.75, 3.05) is 13.2 Å². The third-order valence-electron chi connectivity index (χ3n) is 6.42. The minimum absolute atomic E-state index is 0. The van der Waals surface area contributed by atoms with E-state index >= 15 is 0 Å². The van der Waals surface area contributed by atoms with E-state index in [9.17, 15) is 65.0 Å². The molecule has 2 saturated heterocycles. The molecule has 0 aliphatic carbocycles. The van der Waals surface area contributed by atoms with E-state index in [1.54, 1.807) is 0 Å². The maximum absolute atomic E-state index is 13.3. The number of aromatic nitrogens is 2. The Morgan fingerprint density at radius 1 is 1.31 bits per heavy atom. The van der Waals surface area contributed by atoms with E-state index < -0.39 is 111 Å². The Bertz CT molecular complexity index is 1220. The molecule has 1 aromatic heterocycles. The molecule has 22 heteroatoms. The number of carbonyl (C=O) groups is 1. The van der Waals surface area contributed by atoms with Gasteiger partial charge in [0.25, 0.3) is 5.34 Å². The van der Waals surface area contributed by atoms with Crippen LogP contribution in [-0.2, 0) is 23.4 Å². The van der Waals surface area contributed by atoms with Crippen molar-refractivity contribution in [3.05, 3.63) is 22.7 Å². The van der Waals surface area contributed by atoms with E-state index in [4.69, 9.17) is 14.0 Å². The van der Waals surface area contributed by atoms with Gasteiger partial charge in [-0.2, -0.15) is 0 Å². The number of aliphatic imine (C=N–C) groups is 1. The number of rotatable bonds is 10. The number of hydrogen-bond acceptors (Lipinski definition) is 16. The minimum atomic E-state index is -5.63. The van der Waals surface area contributed by atoms with Crippen molar-refractivity contribution in [2.45, 2.75) is 73.7 Å². The van der Waals surface area contributed by atoms with Gasteiger partial charge in [0.05, 0.1) is 19.3 Å². The molecule has 0 amide bonds.